The Balaban J connectivity index is 1.93. The van der Waals surface area contributed by atoms with Crippen molar-refractivity contribution >= 4 is 11.8 Å². The predicted molar refractivity (Wildman–Crippen MR) is 117 cm³/mol. The number of morpholine rings is 1. The Morgan fingerprint density at radius 3 is 2.53 bits per heavy atom. The number of pyridine rings is 1. The molecule has 1 aromatic heterocycles. The third-order valence-electron chi connectivity index (χ3n) is 5.32. The van der Waals surface area contributed by atoms with E-state index in [2.05, 4.69) is 11.1 Å². The van der Waals surface area contributed by atoms with Gasteiger partial charge in [-0.3, -0.25) is 14.6 Å². The number of benzene rings is 1. The molecule has 2 amide bonds. The van der Waals surface area contributed by atoms with Crippen LogP contribution in [0, 0.1) is 5.41 Å². The summed E-state index contributed by atoms with van der Waals surface area (Å²) in [6.45, 7) is 6.78. The molecule has 1 aliphatic rings. The van der Waals surface area contributed by atoms with Gasteiger partial charge in [0.15, 0.2) is 5.60 Å². The highest BCUT2D eigenvalue weighted by atomic mass is 16.5. The average molecular weight is 410 g/mol. The monoisotopic (exact) mass is 409 g/mol. The van der Waals surface area contributed by atoms with Crippen LogP contribution in [-0.4, -0.2) is 66.0 Å². The number of carbonyl (C=O) groups is 2. The zero-order valence-corrected chi connectivity index (χ0v) is 18.5. The Morgan fingerprint density at radius 1 is 1.17 bits per heavy atom. The molecular formula is C24H31N3O3. The molecule has 6 nitrogen and oxygen atoms in total. The Morgan fingerprint density at radius 2 is 1.90 bits per heavy atom. The van der Waals surface area contributed by atoms with Crippen molar-refractivity contribution in [3.05, 3.63) is 54.4 Å². The molecule has 1 saturated heterocycles. The van der Waals surface area contributed by atoms with E-state index in [1.54, 1.807) is 30.1 Å². The lowest BCUT2D eigenvalue weighted by Gasteiger charge is -2.44. The minimum Gasteiger partial charge on any atom is -0.361 e. The van der Waals surface area contributed by atoms with Crippen LogP contribution in [0.4, 0.5) is 0 Å². The van der Waals surface area contributed by atoms with E-state index in [1.807, 2.05) is 57.3 Å². The zero-order valence-electron chi connectivity index (χ0n) is 18.5. The molecule has 6 heteroatoms. The van der Waals surface area contributed by atoms with Crippen molar-refractivity contribution in [1.82, 2.24) is 14.8 Å². The molecule has 2 aromatic rings. The normalized spacial score (nSPS) is 19.4. The van der Waals surface area contributed by atoms with Crippen molar-refractivity contribution in [3.63, 3.8) is 0 Å². The summed E-state index contributed by atoms with van der Waals surface area (Å²) < 4.78 is 6.13. The van der Waals surface area contributed by atoms with E-state index in [1.165, 1.54) is 0 Å². The van der Waals surface area contributed by atoms with Gasteiger partial charge >= 0.3 is 0 Å². The van der Waals surface area contributed by atoms with Crippen LogP contribution in [0.15, 0.2) is 48.8 Å². The number of aromatic nitrogens is 1. The molecule has 30 heavy (non-hydrogen) atoms. The molecule has 3 rings (SSSR count). The highest BCUT2D eigenvalue weighted by Gasteiger charge is 2.47. The van der Waals surface area contributed by atoms with Crippen LogP contribution in [0.1, 0.15) is 26.3 Å². The second kappa shape index (κ2) is 8.56. The first-order valence-electron chi connectivity index (χ1n) is 10.3. The maximum Gasteiger partial charge on any atom is 0.256 e. The summed E-state index contributed by atoms with van der Waals surface area (Å²) in [4.78, 5) is 33.7. The fraction of sp³-hybridized carbons (Fsp3) is 0.458. The lowest BCUT2D eigenvalue weighted by atomic mass is 9.88. The van der Waals surface area contributed by atoms with Crippen LogP contribution in [0.2, 0.25) is 0 Å². The van der Waals surface area contributed by atoms with Crippen molar-refractivity contribution in [2.75, 3.05) is 33.8 Å². The van der Waals surface area contributed by atoms with Gasteiger partial charge in [0, 0.05) is 44.9 Å². The molecule has 1 fully saturated rings. The van der Waals surface area contributed by atoms with Crippen LogP contribution in [-0.2, 0) is 20.7 Å². The van der Waals surface area contributed by atoms with Gasteiger partial charge in [0.1, 0.15) is 0 Å². The summed E-state index contributed by atoms with van der Waals surface area (Å²) in [7, 11) is 3.45. The minimum atomic E-state index is -1.10. The first-order chi connectivity index (χ1) is 14.1. The number of amides is 2. The van der Waals surface area contributed by atoms with Crippen molar-refractivity contribution in [1.29, 1.82) is 0 Å². The highest BCUT2D eigenvalue weighted by molar-refractivity contribution is 5.88. The number of ether oxygens (including phenoxy) is 1. The third-order valence-corrected chi connectivity index (χ3v) is 5.32. The van der Waals surface area contributed by atoms with Crippen molar-refractivity contribution in [3.8, 4) is 11.1 Å². The first-order valence-corrected chi connectivity index (χ1v) is 10.3. The van der Waals surface area contributed by atoms with Gasteiger partial charge in [-0.25, -0.2) is 0 Å². The highest BCUT2D eigenvalue weighted by Crippen LogP contribution is 2.30. The number of likely N-dealkylation sites (N-methyl/N-ethyl adjacent to an activating group) is 1. The fourth-order valence-electron chi connectivity index (χ4n) is 3.88. The number of carbonyl (C=O) groups excluding carboxylic acids is 2. The number of hydrogen-bond donors (Lipinski definition) is 0. The summed E-state index contributed by atoms with van der Waals surface area (Å²) in [6, 6.07) is 12.0. The third kappa shape index (κ3) is 4.70. The minimum absolute atomic E-state index is 0.0332. The average Bonchev–Trinajstić information content (AvgIpc) is 2.73. The van der Waals surface area contributed by atoms with E-state index in [-0.39, 0.29) is 18.4 Å². The van der Waals surface area contributed by atoms with E-state index in [9.17, 15) is 9.59 Å². The molecule has 0 spiro atoms. The predicted octanol–water partition coefficient (Wildman–Crippen LogP) is 3.02. The number of hydrogen-bond acceptors (Lipinski definition) is 4. The summed E-state index contributed by atoms with van der Waals surface area (Å²) >= 11 is 0. The molecule has 0 unspecified atom stereocenters. The van der Waals surface area contributed by atoms with E-state index >= 15 is 0 Å². The number of rotatable bonds is 4. The summed E-state index contributed by atoms with van der Waals surface area (Å²) in [5.74, 6) is -0.0912. The topological polar surface area (TPSA) is 62.7 Å². The lowest BCUT2D eigenvalue weighted by molar-refractivity contribution is -0.175. The van der Waals surface area contributed by atoms with Crippen LogP contribution in [0.25, 0.3) is 11.1 Å². The van der Waals surface area contributed by atoms with E-state index in [4.69, 9.17) is 4.74 Å². The van der Waals surface area contributed by atoms with E-state index in [0.29, 0.717) is 19.6 Å². The van der Waals surface area contributed by atoms with E-state index < -0.39 is 11.0 Å². The molecule has 0 aliphatic carbocycles. The Kier molecular flexibility index (Phi) is 6.27. The van der Waals surface area contributed by atoms with Crippen molar-refractivity contribution < 1.29 is 14.3 Å². The fourth-order valence-corrected chi connectivity index (χ4v) is 3.88. The molecule has 0 radical (unpaired) electrons. The Bertz CT molecular complexity index is 905. The SMILES string of the molecule is CN(C)C(=O)[C@@]1(Cc2cccc(-c3cccnc3)c2)CN(C(=O)C(C)(C)C)CCO1. The summed E-state index contributed by atoms with van der Waals surface area (Å²) in [6.07, 6.45) is 3.96. The molecule has 0 N–H and O–H groups in total. The molecular weight excluding hydrogens is 378 g/mol. The van der Waals surface area contributed by atoms with Crippen molar-refractivity contribution in [2.24, 2.45) is 5.41 Å². The van der Waals surface area contributed by atoms with Gasteiger partial charge in [-0.05, 0) is 22.8 Å². The molecule has 0 saturated carbocycles. The lowest BCUT2D eigenvalue weighted by Crippen LogP contribution is -2.62. The van der Waals surface area contributed by atoms with Gasteiger partial charge in [0.05, 0.1) is 13.2 Å². The van der Waals surface area contributed by atoms with Gasteiger partial charge in [0.25, 0.3) is 5.91 Å². The summed E-state index contributed by atoms with van der Waals surface area (Å²) in [5.41, 5.74) is 1.42. The van der Waals surface area contributed by atoms with Crippen LogP contribution < -0.4 is 0 Å². The molecule has 2 heterocycles. The molecule has 0 bridgehead atoms. The van der Waals surface area contributed by atoms with Gasteiger partial charge in [-0.15, -0.1) is 0 Å². The number of nitrogens with zero attached hydrogens (tertiary/aromatic N) is 3. The Hall–Kier alpha value is -2.73. The van der Waals surface area contributed by atoms with Gasteiger partial charge in [-0.2, -0.15) is 0 Å². The van der Waals surface area contributed by atoms with Gasteiger partial charge in [-0.1, -0.05) is 51.1 Å². The largest absolute Gasteiger partial charge is 0.361 e. The molecule has 1 aliphatic heterocycles. The molecule has 160 valence electrons. The van der Waals surface area contributed by atoms with Crippen LogP contribution >= 0.6 is 0 Å². The quantitative estimate of drug-likeness (QED) is 0.779. The zero-order chi connectivity index (χ0) is 21.9. The standard InChI is InChI=1S/C24H31N3O3/c1-23(2,3)21(28)27-12-13-30-24(17-27,22(29)26(4)5)15-18-8-6-9-19(14-18)20-10-7-11-25-16-20/h6-11,14,16H,12-13,15,17H2,1-5H3/t24-/m1/s1. The van der Waals surface area contributed by atoms with Crippen LogP contribution in [0.3, 0.4) is 0 Å². The first kappa shape index (κ1) is 22.0. The van der Waals surface area contributed by atoms with E-state index in [0.717, 1.165) is 16.7 Å². The smallest absolute Gasteiger partial charge is 0.256 e. The second-order valence-electron chi connectivity index (χ2n) is 9.14. The second-order valence-corrected chi connectivity index (χ2v) is 9.14. The van der Waals surface area contributed by atoms with Crippen LogP contribution in [0.5, 0.6) is 0 Å². The molecule has 1 aromatic carbocycles. The van der Waals surface area contributed by atoms with Gasteiger partial charge in [0.2, 0.25) is 5.91 Å². The molecule has 1 atom stereocenters. The maximum absolute atomic E-state index is 13.2. The summed E-state index contributed by atoms with van der Waals surface area (Å²) in [5, 5.41) is 0. The van der Waals surface area contributed by atoms with Crippen molar-refractivity contribution in [2.45, 2.75) is 32.8 Å². The van der Waals surface area contributed by atoms with Gasteiger partial charge < -0.3 is 14.5 Å². The Labute approximate surface area is 178 Å². The maximum atomic E-state index is 13.2.